The fourth-order valence-corrected chi connectivity index (χ4v) is 1.16. The molecule has 0 radical (unpaired) electrons. The van der Waals surface area contributed by atoms with Crippen molar-refractivity contribution in [1.29, 1.82) is 0 Å². The minimum Gasteiger partial charge on any atom is -0.478 e. The van der Waals surface area contributed by atoms with Crippen molar-refractivity contribution in [2.45, 2.75) is 6.92 Å². The van der Waals surface area contributed by atoms with Crippen LogP contribution in [0.5, 0.6) is 0 Å². The average molecular weight is 250 g/mol. The largest absolute Gasteiger partial charge is 0.478 e. The van der Waals surface area contributed by atoms with E-state index in [1.54, 1.807) is 6.92 Å². The number of aromatic carboxylic acids is 1. The lowest BCUT2D eigenvalue weighted by atomic mass is 10.2. The summed E-state index contributed by atoms with van der Waals surface area (Å²) in [5.74, 6) is 2.98. The van der Waals surface area contributed by atoms with Crippen LogP contribution in [0.1, 0.15) is 17.3 Å². The molecule has 0 spiro atoms. The predicted molar refractivity (Wildman–Crippen MR) is 63.8 cm³/mol. The molecule has 2 amide bonds. The number of carboxylic acid groups (broad SMARTS) is 1. The SMILES string of the molecule is CC#CCNC(=O)Nc1ccc(F)c(C(=O)O)c1. The molecule has 1 aromatic rings. The van der Waals surface area contributed by atoms with E-state index in [0.29, 0.717) is 0 Å². The second-order valence-electron chi connectivity index (χ2n) is 3.23. The highest BCUT2D eigenvalue weighted by Gasteiger charge is 2.11. The summed E-state index contributed by atoms with van der Waals surface area (Å²) in [7, 11) is 0. The molecule has 0 heterocycles. The van der Waals surface area contributed by atoms with Crippen LogP contribution in [0.2, 0.25) is 0 Å². The van der Waals surface area contributed by atoms with Gasteiger partial charge in [0.25, 0.3) is 0 Å². The molecule has 18 heavy (non-hydrogen) atoms. The highest BCUT2D eigenvalue weighted by molar-refractivity contribution is 5.93. The van der Waals surface area contributed by atoms with Gasteiger partial charge in [-0.15, -0.1) is 5.92 Å². The lowest BCUT2D eigenvalue weighted by Gasteiger charge is -2.06. The lowest BCUT2D eigenvalue weighted by molar-refractivity contribution is 0.0692. The summed E-state index contributed by atoms with van der Waals surface area (Å²) < 4.78 is 13.1. The third-order valence-electron chi connectivity index (χ3n) is 1.97. The second kappa shape index (κ2) is 6.25. The highest BCUT2D eigenvalue weighted by atomic mass is 19.1. The van der Waals surface area contributed by atoms with Gasteiger partial charge in [-0.1, -0.05) is 5.92 Å². The predicted octanol–water partition coefficient (Wildman–Crippen LogP) is 1.67. The molecule has 0 saturated heterocycles. The van der Waals surface area contributed by atoms with E-state index in [1.165, 1.54) is 6.07 Å². The minimum atomic E-state index is -1.39. The van der Waals surface area contributed by atoms with E-state index in [9.17, 15) is 14.0 Å². The van der Waals surface area contributed by atoms with Gasteiger partial charge in [-0.2, -0.15) is 0 Å². The number of rotatable bonds is 3. The Balaban J connectivity index is 2.72. The zero-order chi connectivity index (χ0) is 13.5. The number of anilines is 1. The Bertz CT molecular complexity index is 532. The van der Waals surface area contributed by atoms with Crippen molar-refractivity contribution in [2.75, 3.05) is 11.9 Å². The number of urea groups is 1. The Morgan fingerprint density at radius 1 is 1.44 bits per heavy atom. The van der Waals surface area contributed by atoms with Crippen molar-refractivity contribution in [1.82, 2.24) is 5.32 Å². The zero-order valence-corrected chi connectivity index (χ0v) is 9.58. The van der Waals surface area contributed by atoms with Crippen LogP contribution in [0, 0.1) is 17.7 Å². The van der Waals surface area contributed by atoms with Crippen molar-refractivity contribution in [3.05, 3.63) is 29.6 Å². The van der Waals surface area contributed by atoms with Gasteiger partial charge in [0.2, 0.25) is 0 Å². The van der Waals surface area contributed by atoms with Crippen molar-refractivity contribution in [2.24, 2.45) is 0 Å². The number of carbonyl (C=O) groups excluding carboxylic acids is 1. The highest BCUT2D eigenvalue weighted by Crippen LogP contribution is 2.14. The normalized spacial score (nSPS) is 9.00. The van der Waals surface area contributed by atoms with Crippen LogP contribution >= 0.6 is 0 Å². The van der Waals surface area contributed by atoms with Crippen LogP contribution in [0.25, 0.3) is 0 Å². The number of benzene rings is 1. The molecular weight excluding hydrogens is 239 g/mol. The summed E-state index contributed by atoms with van der Waals surface area (Å²) in [4.78, 5) is 22.0. The quantitative estimate of drug-likeness (QED) is 0.714. The molecule has 0 atom stereocenters. The topological polar surface area (TPSA) is 78.4 Å². The van der Waals surface area contributed by atoms with Crippen LogP contribution in [-0.4, -0.2) is 23.7 Å². The molecule has 0 aliphatic heterocycles. The van der Waals surface area contributed by atoms with E-state index in [4.69, 9.17) is 5.11 Å². The van der Waals surface area contributed by atoms with E-state index in [1.807, 2.05) is 0 Å². The molecule has 94 valence electrons. The number of nitrogens with one attached hydrogen (secondary N) is 2. The molecule has 0 bridgehead atoms. The molecule has 1 rings (SSSR count). The van der Waals surface area contributed by atoms with Crippen LogP contribution in [0.3, 0.4) is 0 Å². The molecule has 0 aromatic heterocycles. The van der Waals surface area contributed by atoms with Crippen LogP contribution in [0.15, 0.2) is 18.2 Å². The van der Waals surface area contributed by atoms with E-state index >= 15 is 0 Å². The van der Waals surface area contributed by atoms with Gasteiger partial charge in [0.05, 0.1) is 12.1 Å². The Kier molecular flexibility index (Phi) is 4.69. The molecule has 0 unspecified atom stereocenters. The van der Waals surface area contributed by atoms with Gasteiger partial charge in [0, 0.05) is 5.69 Å². The first-order valence-electron chi connectivity index (χ1n) is 5.02. The van der Waals surface area contributed by atoms with Gasteiger partial charge >= 0.3 is 12.0 Å². The zero-order valence-electron chi connectivity index (χ0n) is 9.58. The van der Waals surface area contributed by atoms with Gasteiger partial charge < -0.3 is 15.7 Å². The van der Waals surface area contributed by atoms with Crippen LogP contribution < -0.4 is 10.6 Å². The van der Waals surface area contributed by atoms with Gasteiger partial charge in [0.1, 0.15) is 5.82 Å². The molecular formula is C12H11FN2O3. The molecule has 0 aliphatic rings. The van der Waals surface area contributed by atoms with Crippen molar-refractivity contribution >= 4 is 17.7 Å². The monoisotopic (exact) mass is 250 g/mol. The Labute approximate surface area is 103 Å². The van der Waals surface area contributed by atoms with E-state index in [0.717, 1.165) is 12.1 Å². The van der Waals surface area contributed by atoms with Gasteiger partial charge in [-0.25, -0.2) is 14.0 Å². The first kappa shape index (κ1) is 13.5. The third kappa shape index (κ3) is 3.79. The van der Waals surface area contributed by atoms with Gasteiger partial charge in [0.15, 0.2) is 0 Å². The van der Waals surface area contributed by atoms with Gasteiger partial charge in [-0.3, -0.25) is 0 Å². The molecule has 6 heteroatoms. The summed E-state index contributed by atoms with van der Waals surface area (Å²) in [6, 6.07) is 2.75. The second-order valence-corrected chi connectivity index (χ2v) is 3.23. The van der Waals surface area contributed by atoms with Crippen molar-refractivity contribution in [3.63, 3.8) is 0 Å². The Hall–Kier alpha value is -2.55. The standard InChI is InChI=1S/C12H11FN2O3/c1-2-3-6-14-12(18)15-8-4-5-10(13)9(7-8)11(16)17/h4-5,7H,6H2,1H3,(H,16,17)(H2,14,15,18). The smallest absolute Gasteiger partial charge is 0.338 e. The van der Waals surface area contributed by atoms with Crippen LogP contribution in [0.4, 0.5) is 14.9 Å². The maximum Gasteiger partial charge on any atom is 0.338 e. The first-order valence-corrected chi connectivity index (χ1v) is 5.02. The first-order chi connectivity index (χ1) is 8.54. The Morgan fingerprint density at radius 2 is 2.17 bits per heavy atom. The number of hydrogen-bond donors (Lipinski definition) is 3. The van der Waals surface area contributed by atoms with Gasteiger partial charge in [-0.05, 0) is 25.1 Å². The summed E-state index contributed by atoms with van der Waals surface area (Å²) in [5, 5.41) is 13.5. The number of amides is 2. The number of hydrogen-bond acceptors (Lipinski definition) is 2. The summed E-state index contributed by atoms with van der Waals surface area (Å²) in [5.41, 5.74) is -0.308. The third-order valence-corrected chi connectivity index (χ3v) is 1.97. The number of carbonyl (C=O) groups is 2. The fraction of sp³-hybridized carbons (Fsp3) is 0.167. The van der Waals surface area contributed by atoms with Crippen LogP contribution in [-0.2, 0) is 0 Å². The summed E-state index contributed by atoms with van der Waals surface area (Å²) in [6.07, 6.45) is 0. The van der Waals surface area contributed by atoms with E-state index in [2.05, 4.69) is 22.5 Å². The van der Waals surface area contributed by atoms with E-state index < -0.39 is 23.4 Å². The average Bonchev–Trinajstić information content (AvgIpc) is 2.31. The summed E-state index contributed by atoms with van der Waals surface area (Å²) >= 11 is 0. The molecule has 0 fully saturated rings. The molecule has 3 N–H and O–H groups in total. The fourth-order valence-electron chi connectivity index (χ4n) is 1.16. The summed E-state index contributed by atoms with van der Waals surface area (Å²) in [6.45, 7) is 1.81. The molecule has 5 nitrogen and oxygen atoms in total. The van der Waals surface area contributed by atoms with Crippen molar-refractivity contribution in [3.8, 4) is 11.8 Å². The number of halogens is 1. The Morgan fingerprint density at radius 3 is 2.78 bits per heavy atom. The lowest BCUT2D eigenvalue weighted by Crippen LogP contribution is -2.29. The maximum atomic E-state index is 13.1. The molecule has 1 aromatic carbocycles. The van der Waals surface area contributed by atoms with E-state index in [-0.39, 0.29) is 12.2 Å². The van der Waals surface area contributed by atoms with Crippen molar-refractivity contribution < 1.29 is 19.1 Å². The minimum absolute atomic E-state index is 0.176. The molecule has 0 aliphatic carbocycles. The maximum absolute atomic E-state index is 13.1. The molecule has 0 saturated carbocycles. The number of carboxylic acids is 1.